The molecule has 1 aromatic carbocycles. The zero-order valence-electron chi connectivity index (χ0n) is 9.70. The lowest BCUT2D eigenvalue weighted by Gasteiger charge is -2.02. The topological polar surface area (TPSA) is 38.4 Å². The van der Waals surface area contributed by atoms with Gasteiger partial charge in [-0.05, 0) is 31.7 Å². The van der Waals surface area contributed by atoms with Crippen molar-refractivity contribution < 1.29 is 0 Å². The number of halogens is 1. The summed E-state index contributed by atoms with van der Waals surface area (Å²) in [6.45, 7) is 2.61. The van der Waals surface area contributed by atoms with Crippen molar-refractivity contribution in [3.05, 3.63) is 35.9 Å². The monoisotopic (exact) mass is 238 g/mol. The smallest absolute Gasteiger partial charge is 0.112 e. The molecule has 16 heavy (non-hydrogen) atoms. The Labute approximate surface area is 103 Å². The normalized spacial score (nSPS) is 13.8. The van der Waals surface area contributed by atoms with Crippen LogP contribution in [0, 0.1) is 0 Å². The molecule has 0 aliphatic heterocycles. The average molecular weight is 239 g/mol. The molecule has 1 rings (SSSR count). The SMILES string of the molecule is CC(Cl)C(N)=NCCCCc1ccccc1. The van der Waals surface area contributed by atoms with Gasteiger partial charge in [0, 0.05) is 6.54 Å². The molecule has 0 saturated carbocycles. The largest absolute Gasteiger partial charge is 0.386 e. The molecule has 2 N–H and O–H groups in total. The Kier molecular flexibility index (Phi) is 5.94. The van der Waals surface area contributed by atoms with E-state index in [1.165, 1.54) is 5.56 Å². The summed E-state index contributed by atoms with van der Waals surface area (Å²) in [5.41, 5.74) is 7.01. The van der Waals surface area contributed by atoms with Crippen LogP contribution in [0.3, 0.4) is 0 Å². The predicted octanol–water partition coefficient (Wildman–Crippen LogP) is 2.99. The predicted molar refractivity (Wildman–Crippen MR) is 71.2 cm³/mol. The third kappa shape index (κ3) is 5.17. The third-order valence-electron chi connectivity index (χ3n) is 2.42. The highest BCUT2D eigenvalue weighted by molar-refractivity contribution is 6.31. The van der Waals surface area contributed by atoms with Gasteiger partial charge in [0.15, 0.2) is 0 Å². The van der Waals surface area contributed by atoms with Crippen molar-refractivity contribution in [2.75, 3.05) is 6.54 Å². The van der Waals surface area contributed by atoms with Crippen molar-refractivity contribution >= 4 is 17.4 Å². The van der Waals surface area contributed by atoms with Crippen molar-refractivity contribution in [1.82, 2.24) is 0 Å². The van der Waals surface area contributed by atoms with Gasteiger partial charge < -0.3 is 5.73 Å². The van der Waals surface area contributed by atoms with Gasteiger partial charge in [-0.25, -0.2) is 0 Å². The van der Waals surface area contributed by atoms with Crippen molar-refractivity contribution in [2.24, 2.45) is 10.7 Å². The van der Waals surface area contributed by atoms with Gasteiger partial charge >= 0.3 is 0 Å². The van der Waals surface area contributed by atoms with Gasteiger partial charge in [0.05, 0.1) is 5.38 Å². The van der Waals surface area contributed by atoms with E-state index >= 15 is 0 Å². The Morgan fingerprint density at radius 1 is 1.31 bits per heavy atom. The van der Waals surface area contributed by atoms with Crippen LogP contribution in [-0.4, -0.2) is 17.8 Å². The van der Waals surface area contributed by atoms with E-state index < -0.39 is 0 Å². The van der Waals surface area contributed by atoms with Gasteiger partial charge in [-0.1, -0.05) is 30.3 Å². The third-order valence-corrected chi connectivity index (χ3v) is 2.64. The lowest BCUT2D eigenvalue weighted by molar-refractivity contribution is 0.744. The van der Waals surface area contributed by atoms with Crippen molar-refractivity contribution in [1.29, 1.82) is 0 Å². The molecular weight excluding hydrogens is 220 g/mol. The van der Waals surface area contributed by atoms with Crippen molar-refractivity contribution in [3.8, 4) is 0 Å². The summed E-state index contributed by atoms with van der Waals surface area (Å²) in [4.78, 5) is 4.22. The minimum atomic E-state index is -0.158. The van der Waals surface area contributed by atoms with Gasteiger partial charge in [-0.3, -0.25) is 4.99 Å². The number of rotatable bonds is 6. The fraction of sp³-hybridized carbons (Fsp3) is 0.462. The van der Waals surface area contributed by atoms with Gasteiger partial charge in [-0.15, -0.1) is 11.6 Å². The molecule has 0 heterocycles. The minimum absolute atomic E-state index is 0.158. The highest BCUT2D eigenvalue weighted by atomic mass is 35.5. The molecule has 0 aliphatic carbocycles. The standard InChI is InChI=1S/C13H19ClN2/c1-11(14)13(15)16-10-6-5-9-12-7-3-2-4-8-12/h2-4,7-8,11H,5-6,9-10H2,1H3,(H2,15,16). The first-order valence-corrected chi connectivity index (χ1v) is 6.11. The molecule has 0 spiro atoms. The zero-order valence-corrected chi connectivity index (χ0v) is 10.5. The fourth-order valence-corrected chi connectivity index (χ4v) is 1.49. The van der Waals surface area contributed by atoms with E-state index in [2.05, 4.69) is 29.3 Å². The zero-order chi connectivity index (χ0) is 11.8. The number of aliphatic imine (C=N–C) groups is 1. The highest BCUT2D eigenvalue weighted by Crippen LogP contribution is 2.04. The second kappa shape index (κ2) is 7.29. The van der Waals surface area contributed by atoms with Gasteiger partial charge in [0.25, 0.3) is 0 Å². The number of nitrogens with zero attached hydrogens (tertiary/aromatic N) is 1. The maximum Gasteiger partial charge on any atom is 0.112 e. The second-order valence-electron chi connectivity index (χ2n) is 3.87. The molecule has 0 aromatic heterocycles. The van der Waals surface area contributed by atoms with Gasteiger partial charge in [-0.2, -0.15) is 0 Å². The molecule has 1 aromatic rings. The van der Waals surface area contributed by atoms with Gasteiger partial charge in [0.1, 0.15) is 5.84 Å². The summed E-state index contributed by atoms with van der Waals surface area (Å²) in [6, 6.07) is 10.5. The van der Waals surface area contributed by atoms with E-state index in [4.69, 9.17) is 17.3 Å². The van der Waals surface area contributed by atoms with E-state index in [9.17, 15) is 0 Å². The lowest BCUT2D eigenvalue weighted by atomic mass is 10.1. The molecule has 0 aliphatic rings. The lowest BCUT2D eigenvalue weighted by Crippen LogP contribution is -2.21. The van der Waals surface area contributed by atoms with E-state index in [1.54, 1.807) is 0 Å². The Morgan fingerprint density at radius 3 is 2.62 bits per heavy atom. The maximum absolute atomic E-state index is 5.78. The van der Waals surface area contributed by atoms with Crippen LogP contribution in [0.25, 0.3) is 0 Å². The van der Waals surface area contributed by atoms with Crippen LogP contribution in [0.4, 0.5) is 0 Å². The van der Waals surface area contributed by atoms with Crippen LogP contribution in [0.5, 0.6) is 0 Å². The number of benzene rings is 1. The number of unbranched alkanes of at least 4 members (excludes halogenated alkanes) is 1. The van der Waals surface area contributed by atoms with E-state index in [0.717, 1.165) is 25.8 Å². The van der Waals surface area contributed by atoms with Crippen LogP contribution in [0.2, 0.25) is 0 Å². The first-order chi connectivity index (χ1) is 7.70. The molecule has 2 nitrogen and oxygen atoms in total. The van der Waals surface area contributed by atoms with E-state index in [0.29, 0.717) is 5.84 Å². The Morgan fingerprint density at radius 2 is 2.00 bits per heavy atom. The minimum Gasteiger partial charge on any atom is -0.386 e. The summed E-state index contributed by atoms with van der Waals surface area (Å²) in [5, 5.41) is -0.158. The summed E-state index contributed by atoms with van der Waals surface area (Å²) in [5.74, 6) is 0.543. The van der Waals surface area contributed by atoms with Crippen LogP contribution in [-0.2, 0) is 6.42 Å². The van der Waals surface area contributed by atoms with Gasteiger partial charge in [0.2, 0.25) is 0 Å². The molecule has 88 valence electrons. The molecule has 0 saturated heterocycles. The van der Waals surface area contributed by atoms with Crippen LogP contribution in [0.1, 0.15) is 25.3 Å². The molecule has 0 amide bonds. The van der Waals surface area contributed by atoms with Crippen LogP contribution < -0.4 is 5.73 Å². The summed E-state index contributed by atoms with van der Waals surface area (Å²) < 4.78 is 0. The first-order valence-electron chi connectivity index (χ1n) is 5.68. The number of nitrogens with two attached hydrogens (primary N) is 1. The molecule has 3 heteroatoms. The van der Waals surface area contributed by atoms with Crippen molar-refractivity contribution in [2.45, 2.75) is 31.6 Å². The number of aryl methyl sites for hydroxylation is 1. The number of hydrogen-bond acceptors (Lipinski definition) is 1. The summed E-state index contributed by atoms with van der Waals surface area (Å²) in [6.07, 6.45) is 3.29. The highest BCUT2D eigenvalue weighted by Gasteiger charge is 1.99. The number of hydrogen-bond donors (Lipinski definition) is 1. The molecule has 0 fully saturated rings. The number of alkyl halides is 1. The molecular formula is C13H19ClN2. The molecule has 0 radical (unpaired) electrons. The summed E-state index contributed by atoms with van der Waals surface area (Å²) >= 11 is 5.78. The Bertz CT molecular complexity index is 320. The van der Waals surface area contributed by atoms with Crippen LogP contribution >= 0.6 is 11.6 Å². The molecule has 0 bridgehead atoms. The Hall–Kier alpha value is -1.02. The van der Waals surface area contributed by atoms with E-state index in [1.807, 2.05) is 13.0 Å². The number of amidine groups is 1. The van der Waals surface area contributed by atoms with E-state index in [-0.39, 0.29) is 5.38 Å². The maximum atomic E-state index is 5.78. The Balaban J connectivity index is 2.16. The van der Waals surface area contributed by atoms with Crippen molar-refractivity contribution in [3.63, 3.8) is 0 Å². The quantitative estimate of drug-likeness (QED) is 0.352. The summed E-state index contributed by atoms with van der Waals surface area (Å²) in [7, 11) is 0. The van der Waals surface area contributed by atoms with Crippen LogP contribution in [0.15, 0.2) is 35.3 Å². The molecule has 1 unspecified atom stereocenters. The fourth-order valence-electron chi connectivity index (χ4n) is 1.42. The second-order valence-corrected chi connectivity index (χ2v) is 4.52. The first kappa shape index (κ1) is 13.0. The average Bonchev–Trinajstić information content (AvgIpc) is 2.29. The molecule has 1 atom stereocenters.